The molecule has 0 bridgehead atoms. The van der Waals surface area contributed by atoms with Crippen molar-refractivity contribution >= 4 is 46.6 Å². The van der Waals surface area contributed by atoms with Gasteiger partial charge in [-0.05, 0) is 60.7 Å². The summed E-state index contributed by atoms with van der Waals surface area (Å²) in [4.78, 5) is 27.0. The molecule has 1 fully saturated rings. The van der Waals surface area contributed by atoms with E-state index >= 15 is 0 Å². The summed E-state index contributed by atoms with van der Waals surface area (Å²) in [5.41, 5.74) is 0.901. The van der Waals surface area contributed by atoms with Crippen LogP contribution in [-0.4, -0.2) is 17.1 Å². The molecule has 1 heterocycles. The first-order valence-electron chi connectivity index (χ1n) is 10.4. The molecule has 0 radical (unpaired) electrons. The highest BCUT2D eigenvalue weighted by Crippen LogP contribution is 2.36. The van der Waals surface area contributed by atoms with Gasteiger partial charge in [0.2, 0.25) is 11.8 Å². The predicted molar refractivity (Wildman–Crippen MR) is 135 cm³/mol. The van der Waals surface area contributed by atoms with Gasteiger partial charge in [0, 0.05) is 17.1 Å². The summed E-state index contributed by atoms with van der Waals surface area (Å²) in [6, 6.07) is 26.2. The number of hydrogen-bond donors (Lipinski definition) is 1. The number of halogens is 1. The van der Waals surface area contributed by atoms with Crippen molar-refractivity contribution in [3.05, 3.63) is 94.5 Å². The number of allylic oxidation sites excluding steroid dienone is 1. The number of anilines is 2. The van der Waals surface area contributed by atoms with E-state index in [-0.39, 0.29) is 22.9 Å². The number of hydrogen-bond acceptors (Lipinski definition) is 7. The fourth-order valence-electron chi connectivity index (χ4n) is 3.34. The molecular formula is C26H17ClN4O3S. The second-order valence-corrected chi connectivity index (χ2v) is 9.00. The third-order valence-electron chi connectivity index (χ3n) is 4.99. The van der Waals surface area contributed by atoms with Crippen molar-refractivity contribution in [3.8, 4) is 23.6 Å². The van der Waals surface area contributed by atoms with Crippen LogP contribution in [0.2, 0.25) is 5.02 Å². The van der Waals surface area contributed by atoms with Crippen LogP contribution in [0.5, 0.6) is 11.5 Å². The number of nitrogens with one attached hydrogen (secondary N) is 1. The van der Waals surface area contributed by atoms with Crippen LogP contribution in [0.25, 0.3) is 0 Å². The fourth-order valence-corrected chi connectivity index (χ4v) is 4.57. The third kappa shape index (κ3) is 5.64. The normalized spacial score (nSPS) is 14.7. The number of nitriles is 2. The Morgan fingerprint density at radius 1 is 0.943 bits per heavy atom. The van der Waals surface area contributed by atoms with E-state index in [4.69, 9.17) is 16.3 Å². The third-order valence-corrected chi connectivity index (χ3v) is 6.44. The number of benzene rings is 3. The average molecular weight is 501 g/mol. The summed E-state index contributed by atoms with van der Waals surface area (Å²) in [6.07, 6.45) is -0.0589. The molecule has 0 spiro atoms. The van der Waals surface area contributed by atoms with Crippen molar-refractivity contribution < 1.29 is 14.3 Å². The highest BCUT2D eigenvalue weighted by Gasteiger charge is 2.41. The van der Waals surface area contributed by atoms with Crippen LogP contribution >= 0.6 is 23.4 Å². The summed E-state index contributed by atoms with van der Waals surface area (Å²) in [5.74, 6) is 0.344. The van der Waals surface area contributed by atoms with Gasteiger partial charge in [-0.1, -0.05) is 41.6 Å². The Morgan fingerprint density at radius 3 is 2.14 bits per heavy atom. The molecule has 1 N–H and O–H groups in total. The number of thioether (sulfide) groups is 1. The zero-order chi connectivity index (χ0) is 24.8. The largest absolute Gasteiger partial charge is 0.457 e. The number of amides is 2. The van der Waals surface area contributed by atoms with Crippen LogP contribution in [0.1, 0.15) is 6.42 Å². The lowest BCUT2D eigenvalue weighted by Crippen LogP contribution is -2.31. The number of rotatable bonds is 7. The number of nitrogens with zero attached hydrogens (tertiary/aromatic N) is 3. The van der Waals surface area contributed by atoms with Crippen molar-refractivity contribution in [1.82, 2.24) is 0 Å². The molecule has 1 aliphatic rings. The maximum atomic E-state index is 13.1. The van der Waals surface area contributed by atoms with Crippen molar-refractivity contribution in [1.29, 1.82) is 10.5 Å². The Balaban J connectivity index is 1.50. The number of carbonyl (C=O) groups is 2. The molecule has 7 nitrogen and oxygen atoms in total. The van der Waals surface area contributed by atoms with Crippen LogP contribution in [0.3, 0.4) is 0 Å². The lowest BCUT2D eigenvalue weighted by molar-refractivity contribution is -0.121. The highest BCUT2D eigenvalue weighted by atomic mass is 35.5. The quantitative estimate of drug-likeness (QED) is 0.319. The summed E-state index contributed by atoms with van der Waals surface area (Å²) >= 11 is 6.88. The first kappa shape index (κ1) is 23.9. The van der Waals surface area contributed by atoms with Gasteiger partial charge < -0.3 is 10.1 Å². The first-order valence-corrected chi connectivity index (χ1v) is 11.7. The van der Waals surface area contributed by atoms with Gasteiger partial charge in [-0.3, -0.25) is 9.59 Å². The smallest absolute Gasteiger partial charge is 0.247 e. The Hall–Kier alpha value is -4.24. The maximum absolute atomic E-state index is 13.1. The van der Waals surface area contributed by atoms with Crippen LogP contribution in [0.4, 0.5) is 11.4 Å². The standard InChI is InChI=1S/C26H17ClN4O3S/c27-18-6-10-21(11-7-18)34-22-12-8-20(9-13-22)31-24(32)14-23(26(31)33)35-25(17(15-28)16-29)30-19-4-2-1-3-5-19/h1-13,23,30H,14H2/t23-/m0/s1. The van der Waals surface area contributed by atoms with Crippen molar-refractivity contribution in [2.24, 2.45) is 0 Å². The van der Waals surface area contributed by atoms with Gasteiger partial charge in [0.05, 0.1) is 10.9 Å². The average Bonchev–Trinajstić information content (AvgIpc) is 3.15. The van der Waals surface area contributed by atoms with Gasteiger partial charge >= 0.3 is 0 Å². The van der Waals surface area contributed by atoms with Crippen molar-refractivity contribution in [2.75, 3.05) is 10.2 Å². The van der Waals surface area contributed by atoms with Gasteiger partial charge in [-0.25, -0.2) is 4.90 Å². The van der Waals surface area contributed by atoms with E-state index in [2.05, 4.69) is 5.32 Å². The van der Waals surface area contributed by atoms with Crippen molar-refractivity contribution in [2.45, 2.75) is 11.7 Å². The van der Waals surface area contributed by atoms with Crippen LogP contribution in [0, 0.1) is 22.7 Å². The molecule has 1 aliphatic heterocycles. The molecule has 3 aromatic carbocycles. The van der Waals surface area contributed by atoms with Gasteiger partial charge in [-0.15, -0.1) is 0 Å². The lowest BCUT2D eigenvalue weighted by Gasteiger charge is -2.17. The van der Waals surface area contributed by atoms with E-state index in [1.165, 1.54) is 0 Å². The minimum atomic E-state index is -0.782. The first-order chi connectivity index (χ1) is 17.0. The Bertz CT molecular complexity index is 1340. The Labute approximate surface area is 211 Å². The number of ether oxygens (including phenoxy) is 1. The molecule has 9 heteroatoms. The maximum Gasteiger partial charge on any atom is 0.247 e. The molecule has 1 atom stereocenters. The summed E-state index contributed by atoms with van der Waals surface area (Å²) < 4.78 is 5.76. The Kier molecular flexibility index (Phi) is 7.37. The van der Waals surface area contributed by atoms with E-state index in [0.29, 0.717) is 27.9 Å². The minimum absolute atomic E-state index is 0.0589. The van der Waals surface area contributed by atoms with Gasteiger partial charge in [-0.2, -0.15) is 10.5 Å². The van der Waals surface area contributed by atoms with Crippen LogP contribution < -0.4 is 15.0 Å². The molecule has 172 valence electrons. The monoisotopic (exact) mass is 500 g/mol. The summed E-state index contributed by atoms with van der Waals surface area (Å²) in [5, 5.41) is 21.8. The second kappa shape index (κ2) is 10.8. The number of para-hydroxylation sites is 1. The second-order valence-electron chi connectivity index (χ2n) is 7.35. The SMILES string of the molecule is N#CC(C#N)=C(Nc1ccccc1)S[C@H]1CC(=O)N(c2ccc(Oc3ccc(Cl)cc3)cc2)C1=O. The predicted octanol–water partition coefficient (Wildman–Crippen LogP) is 5.87. The van der Waals surface area contributed by atoms with Crippen molar-refractivity contribution in [3.63, 3.8) is 0 Å². The molecule has 0 saturated carbocycles. The van der Waals surface area contributed by atoms with Gasteiger partial charge in [0.25, 0.3) is 0 Å². The van der Waals surface area contributed by atoms with Crippen LogP contribution in [-0.2, 0) is 9.59 Å². The summed E-state index contributed by atoms with van der Waals surface area (Å²) in [7, 11) is 0. The zero-order valence-electron chi connectivity index (χ0n) is 18.1. The zero-order valence-corrected chi connectivity index (χ0v) is 19.7. The lowest BCUT2D eigenvalue weighted by atomic mass is 10.2. The molecule has 3 aromatic rings. The summed E-state index contributed by atoms with van der Waals surface area (Å²) in [6.45, 7) is 0. The minimum Gasteiger partial charge on any atom is -0.457 e. The number of carbonyl (C=O) groups excluding carboxylic acids is 2. The topological polar surface area (TPSA) is 106 Å². The van der Waals surface area contributed by atoms with Crippen LogP contribution in [0.15, 0.2) is 89.5 Å². The van der Waals surface area contributed by atoms with E-state index in [9.17, 15) is 20.1 Å². The number of imide groups is 1. The van der Waals surface area contributed by atoms with E-state index in [1.54, 1.807) is 72.8 Å². The molecule has 2 amide bonds. The molecule has 0 aromatic heterocycles. The Morgan fingerprint density at radius 2 is 1.54 bits per heavy atom. The van der Waals surface area contributed by atoms with E-state index in [0.717, 1.165) is 16.7 Å². The van der Waals surface area contributed by atoms with E-state index < -0.39 is 11.2 Å². The molecule has 1 saturated heterocycles. The van der Waals surface area contributed by atoms with Gasteiger partial charge in [0.1, 0.15) is 28.7 Å². The van der Waals surface area contributed by atoms with E-state index in [1.807, 2.05) is 18.2 Å². The van der Waals surface area contributed by atoms with Gasteiger partial charge in [0.15, 0.2) is 5.57 Å². The molecule has 35 heavy (non-hydrogen) atoms. The molecule has 0 unspecified atom stereocenters. The highest BCUT2D eigenvalue weighted by molar-refractivity contribution is 8.04. The fraction of sp³-hybridized carbons (Fsp3) is 0.0769. The molecule has 4 rings (SSSR count). The molecule has 0 aliphatic carbocycles. The molecular weight excluding hydrogens is 484 g/mol.